The van der Waals surface area contributed by atoms with Gasteiger partial charge in [0.15, 0.2) is 0 Å². The van der Waals surface area contributed by atoms with E-state index in [2.05, 4.69) is 5.10 Å². The molecule has 5 nitrogen and oxygen atoms in total. The highest BCUT2D eigenvalue weighted by molar-refractivity contribution is 6.37. The van der Waals surface area contributed by atoms with Gasteiger partial charge in [0, 0.05) is 10.8 Å². The number of aromatic carboxylic acids is 1. The van der Waals surface area contributed by atoms with Crippen molar-refractivity contribution in [3.8, 4) is 11.1 Å². The molecule has 0 aliphatic heterocycles. The molecule has 4 aromatic rings. The van der Waals surface area contributed by atoms with Crippen LogP contribution >= 0.6 is 11.6 Å². The molecule has 4 rings (SSSR count). The minimum Gasteiger partial charge on any atom is -0.478 e. The Kier molecular flexibility index (Phi) is 3.51. The lowest BCUT2D eigenvalue weighted by molar-refractivity contribution is 0.0698. The Bertz CT molecular complexity index is 1200. The normalized spacial score (nSPS) is 11.1. The molecule has 0 bridgehead atoms. The van der Waals surface area contributed by atoms with E-state index in [1.807, 2.05) is 6.07 Å². The van der Waals surface area contributed by atoms with Gasteiger partial charge in [0.05, 0.1) is 22.3 Å². The van der Waals surface area contributed by atoms with Crippen LogP contribution in [0.4, 0.5) is 0 Å². The molecule has 0 aliphatic rings. The minimum absolute atomic E-state index is 0.0816. The highest BCUT2D eigenvalue weighted by Crippen LogP contribution is 2.32. The summed E-state index contributed by atoms with van der Waals surface area (Å²) < 4.78 is 1.11. The molecule has 0 unspecified atom stereocenters. The van der Waals surface area contributed by atoms with Gasteiger partial charge in [-0.05, 0) is 5.56 Å². The Balaban J connectivity index is 2.28. The molecule has 2 aromatic carbocycles. The molecule has 6 heteroatoms. The van der Waals surface area contributed by atoms with Crippen molar-refractivity contribution in [3.63, 3.8) is 0 Å². The van der Waals surface area contributed by atoms with Crippen molar-refractivity contribution in [3.05, 3.63) is 81.7 Å². The van der Waals surface area contributed by atoms with Gasteiger partial charge in [-0.2, -0.15) is 9.61 Å². The van der Waals surface area contributed by atoms with Gasteiger partial charge in [0.1, 0.15) is 5.56 Å². The van der Waals surface area contributed by atoms with Crippen LogP contribution in [-0.4, -0.2) is 20.7 Å². The second kappa shape index (κ2) is 5.72. The SMILES string of the molecule is O=C(O)c1c(Cl)c(-c2ccccc2)c(=O)n2ncc3ccccc3c12. The summed E-state index contributed by atoms with van der Waals surface area (Å²) in [5.41, 5.74) is 0.274. The summed E-state index contributed by atoms with van der Waals surface area (Å²) in [6, 6.07) is 15.9. The van der Waals surface area contributed by atoms with Crippen LogP contribution in [0.15, 0.2) is 65.6 Å². The van der Waals surface area contributed by atoms with Gasteiger partial charge >= 0.3 is 5.97 Å². The molecule has 0 atom stereocenters. The zero-order valence-corrected chi connectivity index (χ0v) is 13.6. The number of hydrogen-bond donors (Lipinski definition) is 1. The van der Waals surface area contributed by atoms with E-state index < -0.39 is 11.5 Å². The van der Waals surface area contributed by atoms with Crippen LogP contribution in [0.5, 0.6) is 0 Å². The van der Waals surface area contributed by atoms with Crippen LogP contribution in [0.2, 0.25) is 5.02 Å². The number of carbonyl (C=O) groups is 1. The first kappa shape index (κ1) is 15.4. The molecule has 0 radical (unpaired) electrons. The number of carboxylic acid groups (broad SMARTS) is 1. The zero-order chi connectivity index (χ0) is 17.6. The predicted octanol–water partition coefficient (Wildman–Crippen LogP) is 3.87. The maximum absolute atomic E-state index is 13.0. The van der Waals surface area contributed by atoms with Crippen LogP contribution in [0.25, 0.3) is 27.4 Å². The lowest BCUT2D eigenvalue weighted by Crippen LogP contribution is -2.22. The van der Waals surface area contributed by atoms with E-state index in [9.17, 15) is 14.7 Å². The van der Waals surface area contributed by atoms with Crippen LogP contribution in [0, 0.1) is 0 Å². The standard InChI is InChI=1S/C19H11ClN2O3/c20-16-14(11-6-2-1-3-7-11)18(23)22-17(15(16)19(24)25)13-9-5-4-8-12(13)10-21-22/h1-10H,(H,24,25). The Morgan fingerprint density at radius 1 is 1.04 bits per heavy atom. The van der Waals surface area contributed by atoms with Crippen molar-refractivity contribution >= 4 is 33.9 Å². The zero-order valence-electron chi connectivity index (χ0n) is 12.8. The minimum atomic E-state index is -1.21. The summed E-state index contributed by atoms with van der Waals surface area (Å²) in [7, 11) is 0. The maximum Gasteiger partial charge on any atom is 0.339 e. The number of halogens is 1. The molecule has 2 heterocycles. The summed E-state index contributed by atoms with van der Waals surface area (Å²) in [5.74, 6) is -1.21. The molecule has 0 fully saturated rings. The lowest BCUT2D eigenvalue weighted by Gasteiger charge is -2.13. The predicted molar refractivity (Wildman–Crippen MR) is 96.4 cm³/mol. The van der Waals surface area contributed by atoms with Crippen molar-refractivity contribution < 1.29 is 9.90 Å². The molecule has 1 N–H and O–H groups in total. The first-order chi connectivity index (χ1) is 12.1. The van der Waals surface area contributed by atoms with Crippen LogP contribution in [0.1, 0.15) is 10.4 Å². The molecule has 0 amide bonds. The van der Waals surface area contributed by atoms with E-state index in [4.69, 9.17) is 11.6 Å². The summed E-state index contributed by atoms with van der Waals surface area (Å²) >= 11 is 6.40. The van der Waals surface area contributed by atoms with Gasteiger partial charge in [-0.25, -0.2) is 4.79 Å². The van der Waals surface area contributed by atoms with Crippen LogP contribution in [-0.2, 0) is 0 Å². The number of pyridine rings is 1. The fraction of sp³-hybridized carbons (Fsp3) is 0. The summed E-state index contributed by atoms with van der Waals surface area (Å²) in [6.07, 6.45) is 1.54. The number of fused-ring (bicyclic) bond motifs is 3. The molecule has 0 aliphatic carbocycles. The monoisotopic (exact) mass is 350 g/mol. The Hall–Kier alpha value is -3.18. The quantitative estimate of drug-likeness (QED) is 0.557. The second-order valence-electron chi connectivity index (χ2n) is 5.53. The molecule has 0 saturated carbocycles. The van der Waals surface area contributed by atoms with Gasteiger partial charge < -0.3 is 5.11 Å². The van der Waals surface area contributed by atoms with Gasteiger partial charge in [0.2, 0.25) is 0 Å². The number of benzene rings is 2. The molecule has 2 aromatic heterocycles. The van der Waals surface area contributed by atoms with Crippen molar-refractivity contribution in [2.45, 2.75) is 0 Å². The largest absolute Gasteiger partial charge is 0.478 e. The van der Waals surface area contributed by atoms with Crippen LogP contribution in [0.3, 0.4) is 0 Å². The van der Waals surface area contributed by atoms with Gasteiger partial charge in [-0.1, -0.05) is 66.2 Å². The third-order valence-electron chi connectivity index (χ3n) is 4.10. The molecular weight excluding hydrogens is 340 g/mol. The highest BCUT2D eigenvalue weighted by atomic mass is 35.5. The Morgan fingerprint density at radius 2 is 1.72 bits per heavy atom. The topological polar surface area (TPSA) is 71.7 Å². The summed E-state index contributed by atoms with van der Waals surface area (Å²) in [5, 5.41) is 15.2. The lowest BCUT2D eigenvalue weighted by atomic mass is 10.0. The van der Waals surface area contributed by atoms with Crippen LogP contribution < -0.4 is 5.56 Å². The number of aromatic nitrogens is 2. The van der Waals surface area contributed by atoms with E-state index in [1.165, 1.54) is 6.20 Å². The fourth-order valence-electron chi connectivity index (χ4n) is 2.99. The summed E-state index contributed by atoms with van der Waals surface area (Å²) in [6.45, 7) is 0. The molecule has 0 saturated heterocycles. The first-order valence-corrected chi connectivity index (χ1v) is 7.88. The number of hydrogen-bond acceptors (Lipinski definition) is 3. The second-order valence-corrected chi connectivity index (χ2v) is 5.91. The Labute approximate surface area is 146 Å². The van der Waals surface area contributed by atoms with E-state index in [0.29, 0.717) is 10.9 Å². The number of nitrogens with zero attached hydrogens (tertiary/aromatic N) is 2. The van der Waals surface area contributed by atoms with E-state index in [-0.39, 0.29) is 21.7 Å². The van der Waals surface area contributed by atoms with Gasteiger partial charge in [0.25, 0.3) is 5.56 Å². The van der Waals surface area contributed by atoms with E-state index >= 15 is 0 Å². The first-order valence-electron chi connectivity index (χ1n) is 7.50. The third kappa shape index (κ3) is 2.28. The average Bonchev–Trinajstić information content (AvgIpc) is 2.62. The molecule has 122 valence electrons. The smallest absolute Gasteiger partial charge is 0.339 e. The van der Waals surface area contributed by atoms with Crippen molar-refractivity contribution in [2.75, 3.05) is 0 Å². The number of carboxylic acids is 1. The molecule has 0 spiro atoms. The van der Waals surface area contributed by atoms with Gasteiger partial charge in [-0.3, -0.25) is 4.79 Å². The van der Waals surface area contributed by atoms with Crippen molar-refractivity contribution in [2.24, 2.45) is 0 Å². The number of rotatable bonds is 2. The average molecular weight is 351 g/mol. The maximum atomic E-state index is 13.0. The van der Waals surface area contributed by atoms with E-state index in [1.54, 1.807) is 48.5 Å². The fourth-order valence-corrected chi connectivity index (χ4v) is 3.35. The summed E-state index contributed by atoms with van der Waals surface area (Å²) in [4.78, 5) is 24.9. The molecular formula is C19H11ClN2O3. The van der Waals surface area contributed by atoms with Crippen molar-refractivity contribution in [1.82, 2.24) is 9.61 Å². The van der Waals surface area contributed by atoms with Crippen molar-refractivity contribution in [1.29, 1.82) is 0 Å². The molecule has 25 heavy (non-hydrogen) atoms. The highest BCUT2D eigenvalue weighted by Gasteiger charge is 2.24. The third-order valence-corrected chi connectivity index (χ3v) is 4.48. The van der Waals surface area contributed by atoms with E-state index in [0.717, 1.165) is 9.90 Å². The Morgan fingerprint density at radius 3 is 2.44 bits per heavy atom. The van der Waals surface area contributed by atoms with Gasteiger partial charge in [-0.15, -0.1) is 0 Å².